The number of unbranched alkanes of at least 4 members (excludes halogenated alkanes) is 1. The third-order valence-electron chi connectivity index (χ3n) is 4.19. The van der Waals surface area contributed by atoms with E-state index in [1.54, 1.807) is 12.3 Å². The molecule has 4 nitrogen and oxygen atoms in total. The summed E-state index contributed by atoms with van der Waals surface area (Å²) < 4.78 is 2.13. The minimum atomic E-state index is -0.266. The first-order valence-corrected chi connectivity index (χ1v) is 7.74. The molecule has 1 aromatic rings. The van der Waals surface area contributed by atoms with E-state index in [4.69, 9.17) is 0 Å². The highest BCUT2D eigenvalue weighted by Gasteiger charge is 2.20. The van der Waals surface area contributed by atoms with Crippen LogP contribution in [0.25, 0.3) is 0 Å². The molecule has 0 bridgehead atoms. The van der Waals surface area contributed by atoms with Gasteiger partial charge in [-0.1, -0.05) is 26.2 Å². The van der Waals surface area contributed by atoms with Gasteiger partial charge in [0.1, 0.15) is 0 Å². The van der Waals surface area contributed by atoms with Gasteiger partial charge in [-0.15, -0.1) is 0 Å². The molecule has 2 rings (SSSR count). The second-order valence-corrected chi connectivity index (χ2v) is 5.95. The van der Waals surface area contributed by atoms with E-state index in [1.807, 2.05) is 0 Å². The molecule has 0 amide bonds. The highest BCUT2D eigenvalue weighted by molar-refractivity contribution is 5.21. The molecule has 1 aliphatic carbocycles. The molecule has 1 heterocycles. The maximum absolute atomic E-state index is 11.7. The minimum absolute atomic E-state index is 0.128. The predicted octanol–water partition coefficient (Wildman–Crippen LogP) is 2.90. The lowest BCUT2D eigenvalue weighted by atomic mass is 10.2. The second-order valence-electron chi connectivity index (χ2n) is 5.95. The lowest BCUT2D eigenvalue weighted by Crippen LogP contribution is -2.24. The quantitative estimate of drug-likeness (QED) is 0.870. The number of rotatable bonds is 6. The fourth-order valence-electron chi connectivity index (χ4n) is 3.01. The zero-order valence-corrected chi connectivity index (χ0v) is 12.6. The van der Waals surface area contributed by atoms with Crippen LogP contribution >= 0.6 is 0 Å². The van der Waals surface area contributed by atoms with E-state index in [0.29, 0.717) is 6.04 Å². The third kappa shape index (κ3) is 3.63. The molecular formula is C16H26N2O2. The summed E-state index contributed by atoms with van der Waals surface area (Å²) in [5.74, 6) is -0.128. The zero-order valence-electron chi connectivity index (χ0n) is 12.6. The Morgan fingerprint density at radius 2 is 2.10 bits per heavy atom. The average molecular weight is 278 g/mol. The highest BCUT2D eigenvalue weighted by Crippen LogP contribution is 2.31. The van der Waals surface area contributed by atoms with Gasteiger partial charge in [-0.2, -0.15) is 0 Å². The lowest BCUT2D eigenvalue weighted by Gasteiger charge is -2.23. The smallest absolute Gasteiger partial charge is 0.223 e. The molecule has 1 aliphatic rings. The van der Waals surface area contributed by atoms with E-state index < -0.39 is 0 Å². The van der Waals surface area contributed by atoms with Crippen molar-refractivity contribution < 1.29 is 5.11 Å². The van der Waals surface area contributed by atoms with Crippen LogP contribution in [0.2, 0.25) is 0 Å². The number of aromatic nitrogens is 1. The van der Waals surface area contributed by atoms with Gasteiger partial charge in [0.2, 0.25) is 5.43 Å². The molecule has 0 radical (unpaired) electrons. The maximum atomic E-state index is 11.7. The Morgan fingerprint density at radius 1 is 1.40 bits per heavy atom. The fraction of sp³-hybridized carbons (Fsp3) is 0.688. The number of hydrogen-bond acceptors (Lipinski definition) is 3. The van der Waals surface area contributed by atoms with Gasteiger partial charge >= 0.3 is 0 Å². The highest BCUT2D eigenvalue weighted by atomic mass is 16.3. The van der Waals surface area contributed by atoms with Crippen LogP contribution in [0.5, 0.6) is 5.75 Å². The summed E-state index contributed by atoms with van der Waals surface area (Å²) in [5.41, 5.74) is 0.761. The van der Waals surface area contributed by atoms with Crippen molar-refractivity contribution in [3.8, 4) is 5.75 Å². The van der Waals surface area contributed by atoms with Gasteiger partial charge in [-0.05, 0) is 32.9 Å². The van der Waals surface area contributed by atoms with E-state index in [1.165, 1.54) is 25.7 Å². The molecule has 0 aromatic carbocycles. The van der Waals surface area contributed by atoms with Crippen molar-refractivity contribution in [2.75, 3.05) is 13.6 Å². The molecule has 20 heavy (non-hydrogen) atoms. The van der Waals surface area contributed by atoms with Crippen LogP contribution in [0, 0.1) is 0 Å². The maximum Gasteiger partial charge on any atom is 0.223 e. The monoisotopic (exact) mass is 278 g/mol. The van der Waals surface area contributed by atoms with Crippen LogP contribution in [0.15, 0.2) is 17.1 Å². The number of nitrogens with zero attached hydrogens (tertiary/aromatic N) is 2. The molecule has 0 atom stereocenters. The molecule has 0 unspecified atom stereocenters. The van der Waals surface area contributed by atoms with Crippen LogP contribution in [0.1, 0.15) is 57.2 Å². The molecule has 112 valence electrons. The summed E-state index contributed by atoms with van der Waals surface area (Å²) in [7, 11) is 2.09. The Balaban J connectivity index is 2.20. The number of hydrogen-bond donors (Lipinski definition) is 1. The predicted molar refractivity (Wildman–Crippen MR) is 81.1 cm³/mol. The van der Waals surface area contributed by atoms with Crippen molar-refractivity contribution in [1.82, 2.24) is 9.47 Å². The Hall–Kier alpha value is -1.29. The van der Waals surface area contributed by atoms with Crippen LogP contribution in [0.3, 0.4) is 0 Å². The molecule has 1 fully saturated rings. The molecule has 1 aromatic heterocycles. The van der Waals surface area contributed by atoms with Gasteiger partial charge in [0.05, 0.1) is 6.20 Å². The molecule has 1 N–H and O–H groups in total. The van der Waals surface area contributed by atoms with Crippen LogP contribution < -0.4 is 5.43 Å². The number of pyridine rings is 1. The van der Waals surface area contributed by atoms with E-state index >= 15 is 0 Å². The van der Waals surface area contributed by atoms with Gasteiger partial charge in [0.15, 0.2) is 5.75 Å². The SMILES string of the molecule is CCCCN(C)Cc1cc(=O)c(O)cn1C1CCCC1. The zero-order chi connectivity index (χ0) is 14.5. The Labute approximate surface area is 121 Å². The van der Waals surface area contributed by atoms with Gasteiger partial charge < -0.3 is 14.6 Å². The first kappa shape index (κ1) is 15.1. The van der Waals surface area contributed by atoms with Gasteiger partial charge in [0.25, 0.3) is 0 Å². The van der Waals surface area contributed by atoms with E-state index in [9.17, 15) is 9.90 Å². The largest absolute Gasteiger partial charge is 0.503 e. The van der Waals surface area contributed by atoms with Gasteiger partial charge in [0, 0.05) is 24.3 Å². The Bertz CT molecular complexity index is 490. The molecule has 0 saturated heterocycles. The third-order valence-corrected chi connectivity index (χ3v) is 4.19. The van der Waals surface area contributed by atoms with Gasteiger partial charge in [-0.3, -0.25) is 4.79 Å². The van der Waals surface area contributed by atoms with Crippen molar-refractivity contribution in [3.05, 3.63) is 28.2 Å². The van der Waals surface area contributed by atoms with E-state index in [2.05, 4.69) is 23.4 Å². The molecule has 0 spiro atoms. The van der Waals surface area contributed by atoms with Crippen molar-refractivity contribution in [2.24, 2.45) is 0 Å². The van der Waals surface area contributed by atoms with Crippen molar-refractivity contribution in [3.63, 3.8) is 0 Å². The first-order chi connectivity index (χ1) is 9.61. The summed E-state index contributed by atoms with van der Waals surface area (Å²) >= 11 is 0. The van der Waals surface area contributed by atoms with E-state index in [0.717, 1.165) is 31.6 Å². The average Bonchev–Trinajstić information content (AvgIpc) is 2.94. The standard InChI is InChI=1S/C16H26N2O2/c1-3-4-9-17(2)11-14-10-15(19)16(20)12-18(14)13-7-5-6-8-13/h10,12-13,20H,3-9,11H2,1-2H3. The van der Waals surface area contributed by atoms with Gasteiger partial charge in [-0.25, -0.2) is 0 Å². The topological polar surface area (TPSA) is 45.5 Å². The first-order valence-electron chi connectivity index (χ1n) is 7.74. The lowest BCUT2D eigenvalue weighted by molar-refractivity contribution is 0.304. The fourth-order valence-corrected chi connectivity index (χ4v) is 3.01. The molecule has 1 saturated carbocycles. The van der Waals surface area contributed by atoms with Crippen LogP contribution in [-0.4, -0.2) is 28.2 Å². The molecule has 4 heteroatoms. The molecule has 0 aliphatic heterocycles. The summed E-state index contributed by atoms with van der Waals surface area (Å²) in [4.78, 5) is 14.0. The minimum Gasteiger partial charge on any atom is -0.503 e. The number of aromatic hydroxyl groups is 1. The van der Waals surface area contributed by atoms with Crippen molar-refractivity contribution >= 4 is 0 Å². The Morgan fingerprint density at radius 3 is 2.75 bits per heavy atom. The summed E-state index contributed by atoms with van der Waals surface area (Å²) in [5, 5.41) is 9.71. The van der Waals surface area contributed by atoms with Crippen LogP contribution in [0.4, 0.5) is 0 Å². The molecular weight excluding hydrogens is 252 g/mol. The van der Waals surface area contributed by atoms with Crippen LogP contribution in [-0.2, 0) is 6.54 Å². The van der Waals surface area contributed by atoms with Crippen molar-refractivity contribution in [2.45, 2.75) is 58.0 Å². The summed E-state index contributed by atoms with van der Waals surface area (Å²) in [6.45, 7) is 3.99. The Kier molecular flexibility index (Phi) is 5.24. The van der Waals surface area contributed by atoms with Crippen molar-refractivity contribution in [1.29, 1.82) is 0 Å². The normalized spacial score (nSPS) is 16.1. The van der Waals surface area contributed by atoms with E-state index in [-0.39, 0.29) is 11.2 Å². The summed E-state index contributed by atoms with van der Waals surface area (Å²) in [6, 6.07) is 2.05. The summed E-state index contributed by atoms with van der Waals surface area (Å²) in [6.07, 6.45) is 8.76. The second kappa shape index (κ2) is 6.93.